The summed E-state index contributed by atoms with van der Waals surface area (Å²) in [6, 6.07) is 17.3. The highest BCUT2D eigenvalue weighted by Gasteiger charge is 2.14. The first-order chi connectivity index (χ1) is 14.2. The number of para-hydroxylation sites is 2. The highest BCUT2D eigenvalue weighted by atomic mass is 32.2. The molecule has 1 fully saturated rings. The summed E-state index contributed by atoms with van der Waals surface area (Å²) in [5.74, 6) is 0.901. The summed E-state index contributed by atoms with van der Waals surface area (Å²) >= 11 is 1.64. The number of benzene rings is 2. The van der Waals surface area contributed by atoms with Crippen molar-refractivity contribution in [2.75, 3.05) is 45.5 Å². The van der Waals surface area contributed by atoms with E-state index in [4.69, 9.17) is 4.98 Å². The van der Waals surface area contributed by atoms with E-state index in [1.54, 1.807) is 16.3 Å². The van der Waals surface area contributed by atoms with Crippen LogP contribution in [0.3, 0.4) is 0 Å². The number of rotatable bonds is 7. The van der Waals surface area contributed by atoms with Gasteiger partial charge < -0.3 is 4.90 Å². The molecule has 1 aromatic heterocycles. The van der Waals surface area contributed by atoms with Gasteiger partial charge in [0.05, 0.1) is 16.6 Å². The Morgan fingerprint density at radius 1 is 1.00 bits per heavy atom. The van der Waals surface area contributed by atoms with Crippen LogP contribution in [0.4, 0.5) is 0 Å². The van der Waals surface area contributed by atoms with E-state index in [0.29, 0.717) is 5.39 Å². The first-order valence-electron chi connectivity index (χ1n) is 10.1. The van der Waals surface area contributed by atoms with Crippen LogP contribution in [-0.2, 0) is 0 Å². The van der Waals surface area contributed by atoms with E-state index < -0.39 is 0 Å². The van der Waals surface area contributed by atoms with Gasteiger partial charge in [0.25, 0.3) is 5.56 Å². The van der Waals surface area contributed by atoms with E-state index in [9.17, 15) is 4.79 Å². The molecule has 1 N–H and O–H groups in total. The van der Waals surface area contributed by atoms with Gasteiger partial charge in [0.1, 0.15) is 0 Å². The first-order valence-corrected chi connectivity index (χ1v) is 11.1. The number of thioether (sulfide) groups is 1. The van der Waals surface area contributed by atoms with Gasteiger partial charge in [-0.05, 0) is 37.7 Å². The lowest BCUT2D eigenvalue weighted by Gasteiger charge is -2.32. The Balaban J connectivity index is 1.46. The number of nitrogens with zero attached hydrogens (tertiary/aromatic N) is 4. The zero-order valence-corrected chi connectivity index (χ0v) is 17.6. The number of hydrogen-bond donors (Lipinski definition) is 1. The molecule has 0 unspecified atom stereocenters. The molecule has 0 radical (unpaired) electrons. The van der Waals surface area contributed by atoms with Crippen LogP contribution in [0.15, 0.2) is 64.5 Å². The minimum absolute atomic E-state index is 0.0140. The van der Waals surface area contributed by atoms with Crippen molar-refractivity contribution in [1.82, 2.24) is 24.9 Å². The third-order valence-corrected chi connectivity index (χ3v) is 6.18. The predicted molar refractivity (Wildman–Crippen MR) is 120 cm³/mol. The quantitative estimate of drug-likeness (QED) is 0.368. The van der Waals surface area contributed by atoms with E-state index in [1.807, 2.05) is 54.6 Å². The second-order valence-electron chi connectivity index (χ2n) is 7.29. The topological polar surface area (TPSA) is 53.4 Å². The lowest BCUT2D eigenvalue weighted by molar-refractivity contribution is 0.105. The third-order valence-electron chi connectivity index (χ3n) is 5.15. The molecule has 1 saturated heterocycles. The second-order valence-corrected chi connectivity index (χ2v) is 8.35. The van der Waals surface area contributed by atoms with E-state index in [0.717, 1.165) is 61.3 Å². The van der Waals surface area contributed by atoms with Crippen molar-refractivity contribution in [3.8, 4) is 5.69 Å². The summed E-state index contributed by atoms with van der Waals surface area (Å²) in [5.41, 5.74) is 5.11. The summed E-state index contributed by atoms with van der Waals surface area (Å²) in [7, 11) is 2.16. The molecule has 152 valence electrons. The van der Waals surface area contributed by atoms with Crippen LogP contribution < -0.4 is 11.0 Å². The number of aromatic nitrogens is 2. The number of fused-ring (bicyclic) bond motifs is 1. The molecule has 1 aliphatic heterocycles. The highest BCUT2D eigenvalue weighted by Crippen LogP contribution is 2.21. The molecule has 2 heterocycles. The highest BCUT2D eigenvalue weighted by molar-refractivity contribution is 7.99. The molecule has 1 aliphatic rings. The Labute approximate surface area is 175 Å². The van der Waals surface area contributed by atoms with E-state index >= 15 is 0 Å². The lowest BCUT2D eigenvalue weighted by atomic mass is 10.2. The molecule has 0 bridgehead atoms. The fourth-order valence-corrected chi connectivity index (χ4v) is 4.40. The molecule has 0 atom stereocenters. The average Bonchev–Trinajstić information content (AvgIpc) is 2.75. The molecule has 6 nitrogen and oxygen atoms in total. The van der Waals surface area contributed by atoms with Crippen LogP contribution in [0.5, 0.6) is 0 Å². The molecular weight excluding hydrogens is 382 g/mol. The van der Waals surface area contributed by atoms with Crippen LogP contribution in [0.1, 0.15) is 6.42 Å². The Bertz CT molecular complexity index is 999. The van der Waals surface area contributed by atoms with Crippen molar-refractivity contribution in [2.24, 2.45) is 0 Å². The standard InChI is InChI=1S/C22H27N5OS/c1-25-13-15-26(16-14-25)23-12-7-17-29-22-24-20-11-6-5-10-19(20)21(28)27(22)18-8-3-2-4-9-18/h2-6,8-11,23H,7,12-17H2,1H3. The van der Waals surface area contributed by atoms with Crippen LogP contribution in [-0.4, -0.2) is 65.0 Å². The summed E-state index contributed by atoms with van der Waals surface area (Å²) in [6.45, 7) is 5.25. The van der Waals surface area contributed by atoms with Gasteiger partial charge in [-0.1, -0.05) is 42.1 Å². The molecule has 0 spiro atoms. The number of likely N-dealkylation sites (N-methyl/N-ethyl adjacent to an activating group) is 1. The third kappa shape index (κ3) is 4.87. The maximum absolute atomic E-state index is 13.2. The minimum atomic E-state index is -0.0140. The zero-order valence-electron chi connectivity index (χ0n) is 16.8. The smallest absolute Gasteiger partial charge is 0.266 e. The van der Waals surface area contributed by atoms with Crippen LogP contribution in [0.25, 0.3) is 16.6 Å². The summed E-state index contributed by atoms with van der Waals surface area (Å²) in [4.78, 5) is 20.3. The molecule has 0 aliphatic carbocycles. The number of piperazine rings is 1. The normalized spacial score (nSPS) is 15.8. The molecular formula is C22H27N5OS. The Kier molecular flexibility index (Phi) is 6.61. The average molecular weight is 410 g/mol. The Morgan fingerprint density at radius 2 is 1.72 bits per heavy atom. The van der Waals surface area contributed by atoms with Gasteiger partial charge in [0.15, 0.2) is 5.16 Å². The second kappa shape index (κ2) is 9.54. The molecule has 0 saturated carbocycles. The molecule has 29 heavy (non-hydrogen) atoms. The zero-order chi connectivity index (χ0) is 20.1. The van der Waals surface area contributed by atoms with E-state index in [1.165, 1.54) is 0 Å². The molecule has 2 aromatic carbocycles. The van der Waals surface area contributed by atoms with Crippen LogP contribution in [0.2, 0.25) is 0 Å². The van der Waals surface area contributed by atoms with Crippen molar-refractivity contribution < 1.29 is 0 Å². The summed E-state index contributed by atoms with van der Waals surface area (Å²) in [6.07, 6.45) is 1.01. The Morgan fingerprint density at radius 3 is 2.52 bits per heavy atom. The SMILES string of the molecule is CN1CCN(NCCCSc2nc3ccccc3c(=O)n2-c2ccccc2)CC1. The maximum atomic E-state index is 13.2. The van der Waals surface area contributed by atoms with Gasteiger partial charge in [-0.3, -0.25) is 14.8 Å². The maximum Gasteiger partial charge on any atom is 0.266 e. The number of nitrogens with one attached hydrogen (secondary N) is 1. The molecule has 3 aromatic rings. The van der Waals surface area contributed by atoms with Crippen LogP contribution >= 0.6 is 11.8 Å². The van der Waals surface area contributed by atoms with Gasteiger partial charge in [-0.25, -0.2) is 9.99 Å². The van der Waals surface area contributed by atoms with E-state index in [2.05, 4.69) is 22.4 Å². The van der Waals surface area contributed by atoms with Gasteiger partial charge >= 0.3 is 0 Å². The van der Waals surface area contributed by atoms with Crippen molar-refractivity contribution in [3.63, 3.8) is 0 Å². The van der Waals surface area contributed by atoms with Gasteiger partial charge in [-0.2, -0.15) is 0 Å². The van der Waals surface area contributed by atoms with Crippen molar-refractivity contribution >= 4 is 22.7 Å². The van der Waals surface area contributed by atoms with Crippen molar-refractivity contribution in [2.45, 2.75) is 11.6 Å². The fourth-order valence-electron chi connectivity index (χ4n) is 3.45. The fraction of sp³-hybridized carbons (Fsp3) is 0.364. The molecule has 7 heteroatoms. The first kappa shape index (κ1) is 20.1. The van der Waals surface area contributed by atoms with Gasteiger partial charge in [-0.15, -0.1) is 0 Å². The molecule has 0 amide bonds. The summed E-state index contributed by atoms with van der Waals surface area (Å²) in [5, 5.41) is 3.70. The predicted octanol–water partition coefficient (Wildman–Crippen LogP) is 2.62. The van der Waals surface area contributed by atoms with Crippen molar-refractivity contribution in [1.29, 1.82) is 0 Å². The van der Waals surface area contributed by atoms with Gasteiger partial charge in [0, 0.05) is 38.5 Å². The number of hydrogen-bond acceptors (Lipinski definition) is 6. The van der Waals surface area contributed by atoms with Crippen LogP contribution in [0, 0.1) is 0 Å². The lowest BCUT2D eigenvalue weighted by Crippen LogP contribution is -2.50. The summed E-state index contributed by atoms with van der Waals surface area (Å²) < 4.78 is 1.74. The largest absolute Gasteiger partial charge is 0.304 e. The van der Waals surface area contributed by atoms with Gasteiger partial charge in [0.2, 0.25) is 0 Å². The van der Waals surface area contributed by atoms with E-state index in [-0.39, 0.29) is 5.56 Å². The molecule has 4 rings (SSSR count). The monoisotopic (exact) mass is 409 g/mol. The minimum Gasteiger partial charge on any atom is -0.304 e. The Hall–Kier alpha value is -2.19. The number of hydrazine groups is 1. The van der Waals surface area contributed by atoms with Crippen molar-refractivity contribution in [3.05, 3.63) is 65.0 Å².